The number of nitrogens with one attached hydrogen (secondary N) is 1. The van der Waals surface area contributed by atoms with E-state index in [4.69, 9.17) is 5.11 Å². The number of rotatable bonds is 6. The maximum Gasteiger partial charge on any atom is 0.308 e. The lowest BCUT2D eigenvalue weighted by molar-refractivity contribution is -0.136. The molecule has 0 atom stereocenters. The lowest BCUT2D eigenvalue weighted by Gasteiger charge is -2.32. The Kier molecular flexibility index (Phi) is 4.38. The van der Waals surface area contributed by atoms with Crippen molar-refractivity contribution in [3.8, 4) is 0 Å². The number of thiophene rings is 1. The first-order valence-electron chi connectivity index (χ1n) is 7.47. The molecule has 0 spiro atoms. The largest absolute Gasteiger partial charge is 0.481 e. The molecular formula is C15H22N2O2S. The predicted molar refractivity (Wildman–Crippen MR) is 80.1 cm³/mol. The van der Waals surface area contributed by atoms with Crippen LogP contribution in [0.15, 0.2) is 12.1 Å². The van der Waals surface area contributed by atoms with E-state index in [1.165, 1.54) is 43.6 Å². The van der Waals surface area contributed by atoms with Crippen molar-refractivity contribution >= 4 is 17.3 Å². The van der Waals surface area contributed by atoms with Gasteiger partial charge in [-0.2, -0.15) is 0 Å². The summed E-state index contributed by atoms with van der Waals surface area (Å²) >= 11 is 1.61. The fraction of sp³-hybridized carbons (Fsp3) is 0.667. The van der Waals surface area contributed by atoms with E-state index in [0.717, 1.165) is 17.5 Å². The monoisotopic (exact) mass is 294 g/mol. The normalized spacial score (nSPS) is 21.2. The maximum atomic E-state index is 10.7. The van der Waals surface area contributed by atoms with Gasteiger partial charge in [-0.25, -0.2) is 0 Å². The van der Waals surface area contributed by atoms with Crippen molar-refractivity contribution in [3.05, 3.63) is 21.9 Å². The number of carbonyl (C=O) groups is 1. The zero-order chi connectivity index (χ0) is 13.9. The molecule has 1 saturated carbocycles. The zero-order valence-corrected chi connectivity index (χ0v) is 12.5. The number of carboxylic acids is 1. The molecule has 0 amide bonds. The summed E-state index contributed by atoms with van der Waals surface area (Å²) in [4.78, 5) is 15.5. The zero-order valence-electron chi connectivity index (χ0n) is 11.7. The van der Waals surface area contributed by atoms with Crippen LogP contribution in [-0.2, 0) is 17.8 Å². The summed E-state index contributed by atoms with van der Waals surface area (Å²) in [5.41, 5.74) is 0. The summed E-state index contributed by atoms with van der Waals surface area (Å²) in [5.74, 6) is -0.751. The first-order chi connectivity index (χ1) is 9.70. The molecule has 4 nitrogen and oxygen atoms in total. The fourth-order valence-corrected chi connectivity index (χ4v) is 3.87. The lowest BCUT2D eigenvalue weighted by Crippen LogP contribution is -2.42. The number of hydrogen-bond acceptors (Lipinski definition) is 4. The van der Waals surface area contributed by atoms with Gasteiger partial charge in [0.25, 0.3) is 0 Å². The van der Waals surface area contributed by atoms with E-state index in [1.807, 2.05) is 6.07 Å². The van der Waals surface area contributed by atoms with Crippen LogP contribution in [0.4, 0.5) is 0 Å². The number of likely N-dealkylation sites (tertiary alicyclic amines) is 1. The quantitative estimate of drug-likeness (QED) is 0.843. The number of nitrogens with zero attached hydrogens (tertiary/aromatic N) is 1. The number of carboxylic acid groups (broad SMARTS) is 1. The first kappa shape index (κ1) is 14.0. The summed E-state index contributed by atoms with van der Waals surface area (Å²) < 4.78 is 0. The van der Waals surface area contributed by atoms with Gasteiger partial charge in [0.1, 0.15) is 0 Å². The molecular weight excluding hydrogens is 272 g/mol. The van der Waals surface area contributed by atoms with Gasteiger partial charge in [0.15, 0.2) is 0 Å². The Morgan fingerprint density at radius 2 is 1.95 bits per heavy atom. The molecule has 2 aliphatic rings. The third-order valence-electron chi connectivity index (χ3n) is 4.20. The van der Waals surface area contributed by atoms with E-state index >= 15 is 0 Å². The summed E-state index contributed by atoms with van der Waals surface area (Å²) in [6.07, 6.45) is 5.43. The van der Waals surface area contributed by atoms with Gasteiger partial charge in [0.2, 0.25) is 0 Å². The number of piperidine rings is 1. The van der Waals surface area contributed by atoms with Gasteiger partial charge >= 0.3 is 5.97 Å². The van der Waals surface area contributed by atoms with Gasteiger partial charge in [-0.15, -0.1) is 11.3 Å². The van der Waals surface area contributed by atoms with Crippen LogP contribution >= 0.6 is 11.3 Å². The lowest BCUT2D eigenvalue weighted by atomic mass is 10.0. The smallest absolute Gasteiger partial charge is 0.308 e. The van der Waals surface area contributed by atoms with Gasteiger partial charge < -0.3 is 15.3 Å². The minimum absolute atomic E-state index is 0.143. The average molecular weight is 294 g/mol. The van der Waals surface area contributed by atoms with Crippen molar-refractivity contribution in [2.45, 2.75) is 50.7 Å². The Bertz CT molecular complexity index is 462. The van der Waals surface area contributed by atoms with Crippen molar-refractivity contribution in [1.29, 1.82) is 0 Å². The van der Waals surface area contributed by atoms with Gasteiger partial charge in [-0.05, 0) is 50.9 Å². The fourth-order valence-electron chi connectivity index (χ4n) is 2.91. The van der Waals surface area contributed by atoms with Crippen molar-refractivity contribution < 1.29 is 9.90 Å². The molecule has 0 unspecified atom stereocenters. The maximum absolute atomic E-state index is 10.7. The second-order valence-corrected chi connectivity index (χ2v) is 7.11. The molecule has 1 saturated heterocycles. The molecule has 2 heterocycles. The van der Waals surface area contributed by atoms with E-state index in [0.29, 0.717) is 6.04 Å². The van der Waals surface area contributed by atoms with E-state index in [2.05, 4.69) is 16.3 Å². The molecule has 1 aromatic rings. The SMILES string of the molecule is O=C(O)Cc1ccc(CNC2CCN(C3CC3)CC2)s1. The molecule has 20 heavy (non-hydrogen) atoms. The van der Waals surface area contributed by atoms with Gasteiger partial charge in [0, 0.05) is 28.4 Å². The van der Waals surface area contributed by atoms with Crippen LogP contribution in [0.3, 0.4) is 0 Å². The van der Waals surface area contributed by atoms with Crippen molar-refractivity contribution in [2.75, 3.05) is 13.1 Å². The van der Waals surface area contributed by atoms with Crippen LogP contribution in [0.25, 0.3) is 0 Å². The van der Waals surface area contributed by atoms with Crippen molar-refractivity contribution in [3.63, 3.8) is 0 Å². The summed E-state index contributed by atoms with van der Waals surface area (Å²) in [5, 5.41) is 12.4. The molecule has 2 N–H and O–H groups in total. The van der Waals surface area contributed by atoms with Crippen LogP contribution in [0.1, 0.15) is 35.4 Å². The second kappa shape index (κ2) is 6.24. The Balaban J connectivity index is 1.40. The molecule has 0 aromatic carbocycles. The number of aliphatic carboxylic acids is 1. The molecule has 1 aliphatic heterocycles. The van der Waals surface area contributed by atoms with Gasteiger partial charge in [-0.1, -0.05) is 0 Å². The highest BCUT2D eigenvalue weighted by atomic mass is 32.1. The molecule has 0 radical (unpaired) electrons. The predicted octanol–water partition coefficient (Wildman–Crippen LogP) is 2.09. The van der Waals surface area contributed by atoms with E-state index in [9.17, 15) is 4.79 Å². The highest BCUT2D eigenvalue weighted by Gasteiger charge is 2.31. The summed E-state index contributed by atoms with van der Waals surface area (Å²) in [6, 6.07) is 5.50. The summed E-state index contributed by atoms with van der Waals surface area (Å²) in [7, 11) is 0. The molecule has 3 rings (SSSR count). The van der Waals surface area contributed by atoms with Crippen LogP contribution in [-0.4, -0.2) is 41.1 Å². The van der Waals surface area contributed by atoms with Crippen molar-refractivity contribution in [2.24, 2.45) is 0 Å². The van der Waals surface area contributed by atoms with Crippen LogP contribution in [0.5, 0.6) is 0 Å². The molecule has 1 aliphatic carbocycles. The molecule has 1 aromatic heterocycles. The Hall–Kier alpha value is -0.910. The van der Waals surface area contributed by atoms with E-state index in [1.54, 1.807) is 11.3 Å². The van der Waals surface area contributed by atoms with Gasteiger partial charge in [-0.3, -0.25) is 4.79 Å². The van der Waals surface area contributed by atoms with E-state index < -0.39 is 5.97 Å². The van der Waals surface area contributed by atoms with E-state index in [-0.39, 0.29) is 6.42 Å². The average Bonchev–Trinajstić information content (AvgIpc) is 3.19. The topological polar surface area (TPSA) is 52.6 Å². The molecule has 110 valence electrons. The Labute approximate surface area is 123 Å². The number of hydrogen-bond donors (Lipinski definition) is 2. The highest BCUT2D eigenvalue weighted by Crippen LogP contribution is 2.29. The Morgan fingerprint density at radius 1 is 1.25 bits per heavy atom. The molecule has 2 fully saturated rings. The molecule has 0 bridgehead atoms. The molecule has 5 heteroatoms. The van der Waals surface area contributed by atoms with Crippen LogP contribution in [0.2, 0.25) is 0 Å². The summed E-state index contributed by atoms with van der Waals surface area (Å²) in [6.45, 7) is 3.34. The third kappa shape index (κ3) is 3.81. The third-order valence-corrected chi connectivity index (χ3v) is 5.29. The van der Waals surface area contributed by atoms with Crippen molar-refractivity contribution in [1.82, 2.24) is 10.2 Å². The van der Waals surface area contributed by atoms with Crippen LogP contribution in [0, 0.1) is 0 Å². The standard InChI is InChI=1S/C15H22N2O2S/c18-15(19)9-13-3-4-14(20-13)10-16-11-5-7-17(8-6-11)12-1-2-12/h3-4,11-12,16H,1-2,5-10H2,(H,18,19). The van der Waals surface area contributed by atoms with Gasteiger partial charge in [0.05, 0.1) is 6.42 Å². The highest BCUT2D eigenvalue weighted by molar-refractivity contribution is 7.12. The second-order valence-electron chi connectivity index (χ2n) is 5.86. The minimum Gasteiger partial charge on any atom is -0.481 e. The first-order valence-corrected chi connectivity index (χ1v) is 8.29. The minimum atomic E-state index is -0.751. The van der Waals surface area contributed by atoms with Crippen LogP contribution < -0.4 is 5.32 Å². The Morgan fingerprint density at radius 3 is 2.60 bits per heavy atom.